The first kappa shape index (κ1) is 17.9. The number of benzene rings is 1. The largest absolute Gasteiger partial charge is 0.433 e. The van der Waals surface area contributed by atoms with Crippen molar-refractivity contribution in [3.63, 3.8) is 0 Å². The second kappa shape index (κ2) is 6.95. The van der Waals surface area contributed by atoms with Gasteiger partial charge in [0, 0.05) is 12.1 Å². The van der Waals surface area contributed by atoms with Crippen LogP contribution in [0.1, 0.15) is 12.6 Å². The maximum absolute atomic E-state index is 13.6. The topological polar surface area (TPSA) is 70.1 Å². The lowest BCUT2D eigenvalue weighted by molar-refractivity contribution is -0.141. The number of aliphatic hydroxyl groups excluding tert-OH is 1. The Kier molecular flexibility index (Phi) is 5.17. The average Bonchev–Trinajstić information content (AvgIpc) is 2.50. The van der Waals surface area contributed by atoms with Gasteiger partial charge in [-0.05, 0) is 19.1 Å². The van der Waals surface area contributed by atoms with E-state index in [2.05, 4.69) is 20.6 Å². The van der Waals surface area contributed by atoms with Gasteiger partial charge >= 0.3 is 6.18 Å². The van der Waals surface area contributed by atoms with E-state index in [0.717, 1.165) is 12.1 Å². The fourth-order valence-electron chi connectivity index (χ4n) is 1.73. The molecule has 0 amide bonds. The minimum Gasteiger partial charge on any atom is -0.394 e. The van der Waals surface area contributed by atoms with Crippen LogP contribution >= 0.6 is 0 Å². The predicted octanol–water partition coefficient (Wildman–Crippen LogP) is 3.31. The second-order valence-corrected chi connectivity index (χ2v) is 4.91. The van der Waals surface area contributed by atoms with Crippen LogP contribution in [0.25, 0.3) is 0 Å². The molecule has 5 nitrogen and oxygen atoms in total. The number of hydrogen-bond acceptors (Lipinski definition) is 5. The first-order chi connectivity index (χ1) is 11.2. The standard InChI is InChI=1S/C14H13F5N4O/c1-7(6-24)20-13-22-10(14(17,18)19)5-11(23-13)21-9-4-2-3-8(15)12(9)16/h2-5,7,24H,6H2,1H3,(H2,20,21,22,23)/t7-/m0/s1. The molecule has 2 aromatic rings. The summed E-state index contributed by atoms with van der Waals surface area (Å²) in [5, 5.41) is 13.7. The van der Waals surface area contributed by atoms with Crippen LogP contribution < -0.4 is 10.6 Å². The fraction of sp³-hybridized carbons (Fsp3) is 0.286. The van der Waals surface area contributed by atoms with Crippen LogP contribution in [0.3, 0.4) is 0 Å². The quantitative estimate of drug-likeness (QED) is 0.724. The van der Waals surface area contributed by atoms with E-state index >= 15 is 0 Å². The zero-order valence-corrected chi connectivity index (χ0v) is 12.3. The van der Waals surface area contributed by atoms with Crippen LogP contribution in [0.15, 0.2) is 24.3 Å². The Morgan fingerprint density at radius 2 is 1.92 bits per heavy atom. The molecular weight excluding hydrogens is 335 g/mol. The van der Waals surface area contributed by atoms with E-state index in [1.807, 2.05) is 0 Å². The van der Waals surface area contributed by atoms with Crippen LogP contribution in [0, 0.1) is 11.6 Å². The third-order valence-electron chi connectivity index (χ3n) is 2.88. The molecule has 0 aliphatic heterocycles. The molecule has 0 aliphatic rings. The van der Waals surface area contributed by atoms with Gasteiger partial charge in [0.25, 0.3) is 0 Å². The smallest absolute Gasteiger partial charge is 0.394 e. The number of rotatable bonds is 5. The molecular formula is C14H13F5N4O. The van der Waals surface area contributed by atoms with Crippen LogP contribution in [-0.4, -0.2) is 27.7 Å². The third kappa shape index (κ3) is 4.28. The molecule has 3 N–H and O–H groups in total. The lowest BCUT2D eigenvalue weighted by atomic mass is 10.3. The van der Waals surface area contributed by atoms with Gasteiger partial charge < -0.3 is 15.7 Å². The summed E-state index contributed by atoms with van der Waals surface area (Å²) in [6, 6.07) is 3.18. The van der Waals surface area contributed by atoms with Crippen molar-refractivity contribution in [1.82, 2.24) is 9.97 Å². The van der Waals surface area contributed by atoms with Gasteiger partial charge in [0.1, 0.15) is 5.82 Å². The van der Waals surface area contributed by atoms with E-state index in [-0.39, 0.29) is 18.1 Å². The van der Waals surface area contributed by atoms with Crippen molar-refractivity contribution in [2.24, 2.45) is 0 Å². The zero-order valence-electron chi connectivity index (χ0n) is 12.3. The first-order valence-corrected chi connectivity index (χ1v) is 6.75. The van der Waals surface area contributed by atoms with Crippen molar-refractivity contribution in [3.8, 4) is 0 Å². The Hall–Kier alpha value is -2.49. The summed E-state index contributed by atoms with van der Waals surface area (Å²) in [5.74, 6) is -3.19. The molecule has 0 bridgehead atoms. The summed E-state index contributed by atoms with van der Waals surface area (Å²) in [6.07, 6.45) is -4.77. The number of nitrogens with one attached hydrogen (secondary N) is 2. The summed E-state index contributed by atoms with van der Waals surface area (Å²) in [7, 11) is 0. The van der Waals surface area contributed by atoms with Crippen molar-refractivity contribution in [3.05, 3.63) is 41.6 Å². The second-order valence-electron chi connectivity index (χ2n) is 4.91. The summed E-state index contributed by atoms with van der Waals surface area (Å²) in [4.78, 5) is 7.08. The maximum atomic E-state index is 13.6. The molecule has 1 aromatic heterocycles. The summed E-state index contributed by atoms with van der Waals surface area (Å²) in [6.45, 7) is 1.14. The number of anilines is 3. The minimum atomic E-state index is -4.77. The fourth-order valence-corrected chi connectivity index (χ4v) is 1.73. The Balaban J connectivity index is 2.41. The first-order valence-electron chi connectivity index (χ1n) is 6.75. The Bertz CT molecular complexity index is 723. The summed E-state index contributed by atoms with van der Waals surface area (Å²) >= 11 is 0. The highest BCUT2D eigenvalue weighted by Crippen LogP contribution is 2.31. The van der Waals surface area contributed by atoms with E-state index in [4.69, 9.17) is 5.11 Å². The van der Waals surface area contributed by atoms with E-state index < -0.39 is 35.5 Å². The number of hydrogen-bond donors (Lipinski definition) is 3. The number of nitrogens with zero attached hydrogens (tertiary/aromatic N) is 2. The molecule has 0 saturated heterocycles. The third-order valence-corrected chi connectivity index (χ3v) is 2.88. The lowest BCUT2D eigenvalue weighted by Crippen LogP contribution is -2.22. The van der Waals surface area contributed by atoms with E-state index in [9.17, 15) is 22.0 Å². The maximum Gasteiger partial charge on any atom is 0.433 e. The van der Waals surface area contributed by atoms with Gasteiger partial charge in [0.05, 0.1) is 12.3 Å². The molecule has 0 unspecified atom stereocenters. The molecule has 2 rings (SSSR count). The molecule has 1 aromatic carbocycles. The van der Waals surface area contributed by atoms with Gasteiger partial charge in [-0.15, -0.1) is 0 Å². The van der Waals surface area contributed by atoms with Gasteiger partial charge in [-0.3, -0.25) is 0 Å². The summed E-state index contributed by atoms with van der Waals surface area (Å²) < 4.78 is 65.6. The molecule has 24 heavy (non-hydrogen) atoms. The number of aliphatic hydroxyl groups is 1. The minimum absolute atomic E-state index is 0.360. The van der Waals surface area contributed by atoms with Crippen molar-refractivity contribution in [2.75, 3.05) is 17.2 Å². The number of aromatic nitrogens is 2. The normalized spacial score (nSPS) is 12.8. The lowest BCUT2D eigenvalue weighted by Gasteiger charge is -2.15. The monoisotopic (exact) mass is 348 g/mol. The SMILES string of the molecule is C[C@@H](CO)Nc1nc(Nc2cccc(F)c2F)cc(C(F)(F)F)n1. The highest BCUT2D eigenvalue weighted by molar-refractivity contribution is 5.58. The number of alkyl halides is 3. The van der Waals surface area contributed by atoms with Crippen LogP contribution in [-0.2, 0) is 6.18 Å². The molecule has 0 aliphatic carbocycles. The van der Waals surface area contributed by atoms with Crippen LogP contribution in [0.4, 0.5) is 39.4 Å². The predicted molar refractivity (Wildman–Crippen MR) is 76.8 cm³/mol. The van der Waals surface area contributed by atoms with Gasteiger partial charge in [0.2, 0.25) is 5.95 Å². The van der Waals surface area contributed by atoms with Crippen molar-refractivity contribution < 1.29 is 27.1 Å². The highest BCUT2D eigenvalue weighted by Gasteiger charge is 2.34. The summed E-state index contributed by atoms with van der Waals surface area (Å²) in [5.41, 5.74) is -1.65. The van der Waals surface area contributed by atoms with Gasteiger partial charge in [0.15, 0.2) is 17.3 Å². The molecule has 10 heteroatoms. The molecule has 130 valence electrons. The van der Waals surface area contributed by atoms with E-state index in [1.165, 1.54) is 13.0 Å². The van der Waals surface area contributed by atoms with Crippen LogP contribution in [0.2, 0.25) is 0 Å². The van der Waals surface area contributed by atoms with Crippen LogP contribution in [0.5, 0.6) is 0 Å². The van der Waals surface area contributed by atoms with Gasteiger partial charge in [-0.1, -0.05) is 6.07 Å². The van der Waals surface area contributed by atoms with Crippen molar-refractivity contribution in [1.29, 1.82) is 0 Å². The molecule has 0 spiro atoms. The number of halogens is 5. The Morgan fingerprint density at radius 1 is 1.21 bits per heavy atom. The zero-order chi connectivity index (χ0) is 17.9. The van der Waals surface area contributed by atoms with Crippen molar-refractivity contribution in [2.45, 2.75) is 19.1 Å². The van der Waals surface area contributed by atoms with E-state index in [1.54, 1.807) is 0 Å². The van der Waals surface area contributed by atoms with Crippen molar-refractivity contribution >= 4 is 17.5 Å². The molecule has 1 heterocycles. The average molecular weight is 348 g/mol. The van der Waals surface area contributed by atoms with Gasteiger partial charge in [-0.25, -0.2) is 13.8 Å². The Labute approximate surface area is 133 Å². The molecule has 0 saturated carbocycles. The highest BCUT2D eigenvalue weighted by atomic mass is 19.4. The van der Waals surface area contributed by atoms with E-state index in [0.29, 0.717) is 6.07 Å². The Morgan fingerprint density at radius 3 is 2.54 bits per heavy atom. The molecule has 0 radical (unpaired) electrons. The molecule has 0 fully saturated rings. The molecule has 1 atom stereocenters. The van der Waals surface area contributed by atoms with Gasteiger partial charge in [-0.2, -0.15) is 18.2 Å².